The minimum atomic E-state index is -0.488. The number of hydrogen-bond acceptors (Lipinski definition) is 7. The molecule has 0 aromatic heterocycles. The molecule has 0 bridgehead atoms. The van der Waals surface area contributed by atoms with E-state index in [1.54, 1.807) is 6.07 Å². The maximum absolute atomic E-state index is 12.6. The molecule has 9 nitrogen and oxygen atoms in total. The number of piperazine rings is 1. The van der Waals surface area contributed by atoms with Crippen molar-refractivity contribution in [3.05, 3.63) is 54.1 Å². The van der Waals surface area contributed by atoms with Gasteiger partial charge in [-0.1, -0.05) is 32.0 Å². The number of rotatable bonds is 13. The number of para-hydroxylation sites is 2. The van der Waals surface area contributed by atoms with Crippen molar-refractivity contribution >= 4 is 23.4 Å². The lowest BCUT2D eigenvalue weighted by Crippen LogP contribution is -2.47. The first kappa shape index (κ1) is 28.3. The molecule has 202 valence electrons. The first-order valence-corrected chi connectivity index (χ1v) is 13.3. The van der Waals surface area contributed by atoms with Crippen LogP contribution in [0.2, 0.25) is 0 Å². The van der Waals surface area contributed by atoms with Crippen molar-refractivity contribution in [3.8, 4) is 5.75 Å². The van der Waals surface area contributed by atoms with E-state index in [1.807, 2.05) is 43.3 Å². The summed E-state index contributed by atoms with van der Waals surface area (Å²) in [5.41, 5.74) is 2.34. The zero-order chi connectivity index (χ0) is 26.5. The second-order valence-corrected chi connectivity index (χ2v) is 8.85. The van der Waals surface area contributed by atoms with E-state index in [9.17, 15) is 9.59 Å². The molecule has 1 saturated heterocycles. The summed E-state index contributed by atoms with van der Waals surface area (Å²) in [6.07, 6.45) is -0.488. The summed E-state index contributed by atoms with van der Waals surface area (Å²) >= 11 is 0. The van der Waals surface area contributed by atoms with Gasteiger partial charge in [0, 0.05) is 57.1 Å². The molecular weight excluding hydrogens is 470 g/mol. The van der Waals surface area contributed by atoms with Gasteiger partial charge >= 0.3 is 6.09 Å². The lowest BCUT2D eigenvalue weighted by molar-refractivity contribution is 0.0948. The quantitative estimate of drug-likeness (QED) is 0.426. The summed E-state index contributed by atoms with van der Waals surface area (Å²) in [4.78, 5) is 31.7. The molecule has 1 aliphatic rings. The lowest BCUT2D eigenvalue weighted by atomic mass is 10.1. The van der Waals surface area contributed by atoms with E-state index in [2.05, 4.69) is 45.2 Å². The third-order valence-electron chi connectivity index (χ3n) is 6.52. The monoisotopic (exact) mass is 511 g/mol. The molecule has 0 spiro atoms. The van der Waals surface area contributed by atoms with Gasteiger partial charge in [-0.3, -0.25) is 15.0 Å². The molecule has 1 aliphatic heterocycles. The number of amides is 2. The van der Waals surface area contributed by atoms with Crippen LogP contribution in [0.3, 0.4) is 0 Å². The number of likely N-dealkylation sites (N-methyl/N-ethyl adjacent to an activating group) is 1. The molecule has 0 aliphatic carbocycles. The summed E-state index contributed by atoms with van der Waals surface area (Å²) in [7, 11) is 0. The predicted molar refractivity (Wildman–Crippen MR) is 148 cm³/mol. The number of ether oxygens (including phenoxy) is 2. The SMILES string of the molecule is CCOc1ccccc1NC(=O)OCCN1CCN(c2cccc(C(=O)NCCN(CC)CC)c2)CC1. The van der Waals surface area contributed by atoms with Gasteiger partial charge in [0.1, 0.15) is 12.4 Å². The number of nitrogens with one attached hydrogen (secondary N) is 2. The molecular formula is C28H41N5O4. The van der Waals surface area contributed by atoms with Crippen molar-refractivity contribution in [1.82, 2.24) is 15.1 Å². The molecule has 2 aromatic carbocycles. The molecule has 0 unspecified atom stereocenters. The van der Waals surface area contributed by atoms with Gasteiger partial charge < -0.3 is 24.6 Å². The van der Waals surface area contributed by atoms with Crippen LogP contribution in [0.15, 0.2) is 48.5 Å². The second kappa shape index (κ2) is 15.1. The molecule has 1 heterocycles. The molecule has 0 atom stereocenters. The molecule has 0 saturated carbocycles. The molecule has 3 rings (SSSR count). The molecule has 1 fully saturated rings. The van der Waals surface area contributed by atoms with Gasteiger partial charge in [-0.15, -0.1) is 0 Å². The zero-order valence-corrected chi connectivity index (χ0v) is 22.4. The Kier molecular flexibility index (Phi) is 11.5. The minimum absolute atomic E-state index is 0.0352. The van der Waals surface area contributed by atoms with Gasteiger partial charge in [0.2, 0.25) is 0 Å². The number of carbonyl (C=O) groups excluding carboxylic acids is 2. The molecule has 37 heavy (non-hydrogen) atoms. The van der Waals surface area contributed by atoms with Crippen molar-refractivity contribution < 1.29 is 19.1 Å². The highest BCUT2D eigenvalue weighted by atomic mass is 16.5. The summed E-state index contributed by atoms with van der Waals surface area (Å²) in [5.74, 6) is 0.589. The average Bonchev–Trinajstić information content (AvgIpc) is 2.93. The maximum atomic E-state index is 12.6. The number of hydrogen-bond donors (Lipinski definition) is 2. The van der Waals surface area contributed by atoms with Crippen LogP contribution in [0.4, 0.5) is 16.2 Å². The van der Waals surface area contributed by atoms with E-state index in [4.69, 9.17) is 9.47 Å². The van der Waals surface area contributed by atoms with Crippen LogP contribution < -0.4 is 20.3 Å². The molecule has 2 aromatic rings. The molecule has 9 heteroatoms. The van der Waals surface area contributed by atoms with E-state index in [-0.39, 0.29) is 5.91 Å². The first-order chi connectivity index (χ1) is 18.0. The molecule has 2 amide bonds. The van der Waals surface area contributed by atoms with Crippen molar-refractivity contribution in [1.29, 1.82) is 0 Å². The highest BCUT2D eigenvalue weighted by Crippen LogP contribution is 2.23. The Bertz CT molecular complexity index is 990. The van der Waals surface area contributed by atoms with E-state index in [0.29, 0.717) is 43.3 Å². The van der Waals surface area contributed by atoms with Gasteiger partial charge in [0.25, 0.3) is 5.91 Å². The van der Waals surface area contributed by atoms with Crippen LogP contribution in [0.25, 0.3) is 0 Å². The van der Waals surface area contributed by atoms with Crippen molar-refractivity contribution in [3.63, 3.8) is 0 Å². The third-order valence-corrected chi connectivity index (χ3v) is 6.52. The third kappa shape index (κ3) is 8.94. The summed E-state index contributed by atoms with van der Waals surface area (Å²) in [6.45, 7) is 14.5. The number of anilines is 2. The van der Waals surface area contributed by atoms with Gasteiger partial charge in [0.05, 0.1) is 12.3 Å². The van der Waals surface area contributed by atoms with Crippen LogP contribution in [-0.2, 0) is 4.74 Å². The van der Waals surface area contributed by atoms with E-state index < -0.39 is 6.09 Å². The first-order valence-electron chi connectivity index (χ1n) is 13.3. The fourth-order valence-corrected chi connectivity index (χ4v) is 4.31. The largest absolute Gasteiger partial charge is 0.492 e. The van der Waals surface area contributed by atoms with Crippen molar-refractivity contribution in [2.75, 3.05) is 82.3 Å². The van der Waals surface area contributed by atoms with Crippen LogP contribution in [0.1, 0.15) is 31.1 Å². The predicted octanol–water partition coefficient (Wildman–Crippen LogP) is 3.53. The normalized spacial score (nSPS) is 13.9. The Balaban J connectivity index is 1.39. The Morgan fingerprint density at radius 3 is 2.46 bits per heavy atom. The molecule has 2 N–H and O–H groups in total. The summed E-state index contributed by atoms with van der Waals surface area (Å²) in [5, 5.41) is 5.78. The van der Waals surface area contributed by atoms with Gasteiger partial charge in [0.15, 0.2) is 0 Å². The van der Waals surface area contributed by atoms with Gasteiger partial charge in [-0.05, 0) is 50.3 Å². The minimum Gasteiger partial charge on any atom is -0.492 e. The van der Waals surface area contributed by atoms with Gasteiger partial charge in [-0.25, -0.2) is 4.79 Å². The Morgan fingerprint density at radius 1 is 0.973 bits per heavy atom. The number of benzene rings is 2. The highest BCUT2D eigenvalue weighted by molar-refractivity contribution is 5.95. The second-order valence-electron chi connectivity index (χ2n) is 8.85. The van der Waals surface area contributed by atoms with Gasteiger partial charge in [-0.2, -0.15) is 0 Å². The summed E-state index contributed by atoms with van der Waals surface area (Å²) in [6, 6.07) is 15.1. The van der Waals surface area contributed by atoms with E-state index in [1.165, 1.54) is 0 Å². The smallest absolute Gasteiger partial charge is 0.411 e. The molecule has 0 radical (unpaired) electrons. The standard InChI is InChI=1S/C28H41N5O4/c1-4-31(5-2)15-14-29-27(34)23-10-9-11-24(22-23)33-18-16-32(17-19-33)20-21-37-28(35)30-25-12-7-8-13-26(25)36-6-3/h7-13,22H,4-6,14-21H2,1-3H3,(H,29,34)(H,30,35). The van der Waals surface area contributed by atoms with Crippen LogP contribution in [-0.4, -0.2) is 93.9 Å². The number of nitrogens with zero attached hydrogens (tertiary/aromatic N) is 3. The van der Waals surface area contributed by atoms with E-state index >= 15 is 0 Å². The topological polar surface area (TPSA) is 86.4 Å². The average molecular weight is 512 g/mol. The fraction of sp³-hybridized carbons (Fsp3) is 0.500. The fourth-order valence-electron chi connectivity index (χ4n) is 4.31. The number of carbonyl (C=O) groups is 2. The van der Waals surface area contributed by atoms with Crippen molar-refractivity contribution in [2.45, 2.75) is 20.8 Å². The summed E-state index contributed by atoms with van der Waals surface area (Å²) < 4.78 is 10.9. The van der Waals surface area contributed by atoms with E-state index in [0.717, 1.165) is 51.5 Å². The maximum Gasteiger partial charge on any atom is 0.411 e. The van der Waals surface area contributed by atoms with Crippen molar-refractivity contribution in [2.24, 2.45) is 0 Å². The van der Waals surface area contributed by atoms with Crippen LogP contribution >= 0.6 is 0 Å². The van der Waals surface area contributed by atoms with Crippen LogP contribution in [0.5, 0.6) is 5.75 Å². The Morgan fingerprint density at radius 2 is 1.73 bits per heavy atom. The van der Waals surface area contributed by atoms with Crippen LogP contribution in [0, 0.1) is 0 Å². The Labute approximate surface area is 220 Å². The highest BCUT2D eigenvalue weighted by Gasteiger charge is 2.19. The Hall–Kier alpha value is -3.30. The lowest BCUT2D eigenvalue weighted by Gasteiger charge is -2.36. The zero-order valence-electron chi connectivity index (χ0n) is 22.4.